The molecule has 0 atom stereocenters. The van der Waals surface area contributed by atoms with E-state index in [1.54, 1.807) is 0 Å². The van der Waals surface area contributed by atoms with E-state index in [0.717, 1.165) is 24.3 Å². The summed E-state index contributed by atoms with van der Waals surface area (Å²) in [5.74, 6) is 2.02. The van der Waals surface area contributed by atoms with Crippen molar-refractivity contribution in [2.24, 2.45) is 0 Å². The lowest BCUT2D eigenvalue weighted by molar-refractivity contribution is 0.479. The van der Waals surface area contributed by atoms with E-state index in [-0.39, 0.29) is 0 Å². The average molecular weight is 220 g/mol. The molecule has 1 aliphatic heterocycles. The van der Waals surface area contributed by atoms with Crippen molar-refractivity contribution in [3.63, 3.8) is 0 Å². The van der Waals surface area contributed by atoms with Crippen molar-refractivity contribution in [2.75, 3.05) is 0 Å². The molecule has 1 heterocycles. The van der Waals surface area contributed by atoms with Gasteiger partial charge in [0.15, 0.2) is 0 Å². The van der Waals surface area contributed by atoms with Crippen LogP contribution in [-0.2, 0) is 12.8 Å². The van der Waals surface area contributed by atoms with E-state index in [4.69, 9.17) is 4.74 Å². The summed E-state index contributed by atoms with van der Waals surface area (Å²) in [7, 11) is 4.25. The highest BCUT2D eigenvalue weighted by atomic mass is 16.5. The van der Waals surface area contributed by atoms with Crippen LogP contribution in [0.5, 0.6) is 11.5 Å². The lowest BCUT2D eigenvalue weighted by Crippen LogP contribution is -2.04. The van der Waals surface area contributed by atoms with Gasteiger partial charge in [0, 0.05) is 0 Å². The third-order valence-corrected chi connectivity index (χ3v) is 3.32. The first-order chi connectivity index (χ1) is 8.22. The Balaban J connectivity index is 2.07. The molecule has 0 saturated carbocycles. The van der Waals surface area contributed by atoms with Crippen molar-refractivity contribution >= 4 is 26.6 Å². The molecule has 17 heavy (non-hydrogen) atoms. The SMILES string of the molecule is Bc1ccc2c(c1)CCc1cc(B)ccc1O2. The van der Waals surface area contributed by atoms with E-state index in [1.165, 1.54) is 22.1 Å². The molecule has 0 aromatic heterocycles. The van der Waals surface area contributed by atoms with Crippen LogP contribution in [0.1, 0.15) is 11.1 Å². The molecule has 1 aliphatic rings. The first kappa shape index (κ1) is 10.5. The summed E-state index contributed by atoms with van der Waals surface area (Å²) in [5.41, 5.74) is 5.24. The van der Waals surface area contributed by atoms with Crippen LogP contribution < -0.4 is 15.7 Å². The summed E-state index contributed by atoms with van der Waals surface area (Å²) >= 11 is 0. The first-order valence-corrected chi connectivity index (χ1v) is 6.09. The van der Waals surface area contributed by atoms with Gasteiger partial charge in [-0.05, 0) is 36.1 Å². The van der Waals surface area contributed by atoms with E-state index in [9.17, 15) is 0 Å². The normalized spacial score (nSPS) is 13.2. The molecule has 0 bridgehead atoms. The van der Waals surface area contributed by atoms with Gasteiger partial charge < -0.3 is 4.74 Å². The van der Waals surface area contributed by atoms with Crippen molar-refractivity contribution < 1.29 is 4.74 Å². The number of rotatable bonds is 0. The molecule has 3 heteroatoms. The molecular formula is C14H14B2O. The van der Waals surface area contributed by atoms with E-state index in [1.807, 2.05) is 0 Å². The number of aryl methyl sites for hydroxylation is 2. The van der Waals surface area contributed by atoms with Gasteiger partial charge in [-0.15, -0.1) is 0 Å². The lowest BCUT2D eigenvalue weighted by Gasteiger charge is -2.09. The topological polar surface area (TPSA) is 9.23 Å². The molecule has 0 amide bonds. The van der Waals surface area contributed by atoms with Crippen molar-refractivity contribution in [1.82, 2.24) is 0 Å². The maximum absolute atomic E-state index is 6.01. The highest BCUT2D eigenvalue weighted by Crippen LogP contribution is 2.32. The largest absolute Gasteiger partial charge is 0.457 e. The Morgan fingerprint density at radius 1 is 0.765 bits per heavy atom. The third kappa shape index (κ3) is 1.97. The van der Waals surface area contributed by atoms with Gasteiger partial charge in [0.2, 0.25) is 0 Å². The Morgan fingerprint density at radius 2 is 1.24 bits per heavy atom. The second-order valence-corrected chi connectivity index (χ2v) is 4.82. The Bertz CT molecular complexity index is 527. The van der Waals surface area contributed by atoms with Crippen LogP contribution in [0.3, 0.4) is 0 Å². The van der Waals surface area contributed by atoms with E-state index in [0.29, 0.717) is 0 Å². The average Bonchev–Trinajstić information content (AvgIpc) is 2.48. The van der Waals surface area contributed by atoms with Crippen molar-refractivity contribution in [3.05, 3.63) is 47.5 Å². The maximum atomic E-state index is 6.01. The zero-order chi connectivity index (χ0) is 11.8. The smallest absolute Gasteiger partial charge is 0.139 e. The minimum Gasteiger partial charge on any atom is -0.457 e. The predicted molar refractivity (Wildman–Crippen MR) is 76.7 cm³/mol. The molecule has 2 aromatic carbocycles. The minimum atomic E-state index is 1.01. The summed E-state index contributed by atoms with van der Waals surface area (Å²) in [6.07, 6.45) is 2.13. The molecule has 0 N–H and O–H groups in total. The fourth-order valence-electron chi connectivity index (χ4n) is 2.39. The zero-order valence-electron chi connectivity index (χ0n) is 10.3. The van der Waals surface area contributed by atoms with Gasteiger partial charge in [0.1, 0.15) is 27.2 Å². The highest BCUT2D eigenvalue weighted by molar-refractivity contribution is 6.32. The summed E-state index contributed by atoms with van der Waals surface area (Å²) in [6.45, 7) is 0. The van der Waals surface area contributed by atoms with Gasteiger partial charge in [-0.25, -0.2) is 0 Å². The van der Waals surface area contributed by atoms with Crippen molar-refractivity contribution in [2.45, 2.75) is 12.8 Å². The molecule has 3 rings (SSSR count). The van der Waals surface area contributed by atoms with Crippen LogP contribution in [0.25, 0.3) is 0 Å². The zero-order valence-corrected chi connectivity index (χ0v) is 10.3. The Hall–Kier alpha value is -1.63. The molecular weight excluding hydrogens is 206 g/mol. The number of benzene rings is 2. The van der Waals surface area contributed by atoms with Gasteiger partial charge in [-0.2, -0.15) is 0 Å². The van der Waals surface area contributed by atoms with E-state index >= 15 is 0 Å². The van der Waals surface area contributed by atoms with Gasteiger partial charge >= 0.3 is 0 Å². The monoisotopic (exact) mass is 220 g/mol. The number of fused-ring (bicyclic) bond motifs is 2. The van der Waals surface area contributed by atoms with Crippen molar-refractivity contribution in [3.8, 4) is 11.5 Å². The fourth-order valence-corrected chi connectivity index (χ4v) is 2.39. The molecule has 0 unspecified atom stereocenters. The quantitative estimate of drug-likeness (QED) is 0.572. The molecule has 0 fully saturated rings. The first-order valence-electron chi connectivity index (χ1n) is 6.09. The number of ether oxygens (including phenoxy) is 1. The highest BCUT2D eigenvalue weighted by Gasteiger charge is 2.14. The predicted octanol–water partition coefficient (Wildman–Crippen LogP) is 0.0943. The van der Waals surface area contributed by atoms with Gasteiger partial charge in [-0.1, -0.05) is 35.2 Å². The Kier molecular flexibility index (Phi) is 2.47. The van der Waals surface area contributed by atoms with Gasteiger partial charge in [0.05, 0.1) is 0 Å². The van der Waals surface area contributed by atoms with Gasteiger partial charge in [-0.3, -0.25) is 0 Å². The summed E-state index contributed by atoms with van der Waals surface area (Å²) in [4.78, 5) is 0. The molecule has 0 saturated heterocycles. The Labute approximate surface area is 104 Å². The molecule has 1 nitrogen and oxygen atoms in total. The summed E-state index contributed by atoms with van der Waals surface area (Å²) in [6, 6.07) is 12.8. The van der Waals surface area contributed by atoms with Crippen LogP contribution in [0.15, 0.2) is 36.4 Å². The van der Waals surface area contributed by atoms with Crippen LogP contribution in [0.2, 0.25) is 0 Å². The van der Waals surface area contributed by atoms with Gasteiger partial charge in [0.25, 0.3) is 0 Å². The molecule has 0 aliphatic carbocycles. The third-order valence-electron chi connectivity index (χ3n) is 3.32. The molecule has 0 radical (unpaired) electrons. The van der Waals surface area contributed by atoms with Crippen LogP contribution in [0.4, 0.5) is 0 Å². The van der Waals surface area contributed by atoms with Crippen LogP contribution >= 0.6 is 0 Å². The molecule has 2 aromatic rings. The molecule has 82 valence electrons. The fraction of sp³-hybridized carbons (Fsp3) is 0.143. The van der Waals surface area contributed by atoms with E-state index < -0.39 is 0 Å². The maximum Gasteiger partial charge on any atom is 0.139 e. The second kappa shape index (κ2) is 3.99. The minimum absolute atomic E-state index is 1.01. The van der Waals surface area contributed by atoms with Crippen LogP contribution in [-0.4, -0.2) is 15.7 Å². The number of hydrogen-bond donors (Lipinski definition) is 0. The summed E-state index contributed by atoms with van der Waals surface area (Å²) in [5, 5.41) is 0. The standard InChI is InChI=1S/C14H14B2O/c15-11-3-5-13-9(7-11)1-2-10-8-12(16)4-6-14(10)17-13/h3-8H,1-2,15-16H2. The second-order valence-electron chi connectivity index (χ2n) is 4.82. The Morgan fingerprint density at radius 3 is 1.71 bits per heavy atom. The lowest BCUT2D eigenvalue weighted by atomic mass is 9.91. The van der Waals surface area contributed by atoms with Crippen molar-refractivity contribution in [1.29, 1.82) is 0 Å². The number of hydrogen-bond acceptors (Lipinski definition) is 1. The molecule has 0 spiro atoms. The van der Waals surface area contributed by atoms with Crippen LogP contribution in [0, 0.1) is 0 Å². The summed E-state index contributed by atoms with van der Waals surface area (Å²) < 4.78 is 6.01. The van der Waals surface area contributed by atoms with E-state index in [2.05, 4.69) is 52.1 Å².